The van der Waals surface area contributed by atoms with Gasteiger partial charge < -0.3 is 9.88 Å². The van der Waals surface area contributed by atoms with Crippen molar-refractivity contribution in [3.63, 3.8) is 0 Å². The fourth-order valence-electron chi connectivity index (χ4n) is 3.22. The number of nitrogens with zero attached hydrogens (tertiary/aromatic N) is 2. The number of fused-ring (bicyclic) bond motifs is 1. The molecule has 0 radical (unpaired) electrons. The molecule has 1 amide bonds. The molecule has 130 valence electrons. The molecule has 1 aliphatic heterocycles. The third kappa shape index (κ3) is 3.08. The van der Waals surface area contributed by atoms with Crippen molar-refractivity contribution in [3.8, 4) is 0 Å². The van der Waals surface area contributed by atoms with Crippen molar-refractivity contribution in [3.05, 3.63) is 46.0 Å². The molecule has 0 saturated heterocycles. The molecule has 2 heterocycles. The lowest BCUT2D eigenvalue weighted by atomic mass is 10.1. The first-order valence-electron chi connectivity index (χ1n) is 8.32. The number of para-hydroxylation sites is 1. The number of H-pyrrole nitrogens is 1. The highest BCUT2D eigenvalue weighted by Gasteiger charge is 2.39. The summed E-state index contributed by atoms with van der Waals surface area (Å²) in [5.74, 6) is -0.420. The molecule has 2 unspecified atom stereocenters. The van der Waals surface area contributed by atoms with Gasteiger partial charge in [0.2, 0.25) is 11.5 Å². The van der Waals surface area contributed by atoms with Crippen molar-refractivity contribution >= 4 is 34.1 Å². The van der Waals surface area contributed by atoms with Gasteiger partial charge in [0.05, 0.1) is 17.1 Å². The topological polar surface area (TPSA) is 65.5 Å². The molecule has 5 nitrogen and oxygen atoms in total. The number of amides is 1. The van der Waals surface area contributed by atoms with E-state index in [4.69, 9.17) is 0 Å². The maximum Gasteiger partial charge on any atom is 0.248 e. The molecule has 2 atom stereocenters. The number of hydrogen-bond acceptors (Lipinski definition) is 4. The maximum absolute atomic E-state index is 14.0. The van der Waals surface area contributed by atoms with E-state index in [0.29, 0.717) is 17.5 Å². The van der Waals surface area contributed by atoms with Crippen LogP contribution in [0.1, 0.15) is 25.3 Å². The highest BCUT2D eigenvalue weighted by molar-refractivity contribution is 8.13. The van der Waals surface area contributed by atoms with E-state index in [-0.39, 0.29) is 34.3 Å². The largest absolute Gasteiger partial charge is 0.334 e. The molecule has 2 aliphatic rings. The average Bonchev–Trinajstić information content (AvgIpc) is 3.33. The van der Waals surface area contributed by atoms with E-state index in [1.165, 1.54) is 23.9 Å². The Bertz CT molecular complexity index is 922. The van der Waals surface area contributed by atoms with Gasteiger partial charge in [-0.2, -0.15) is 0 Å². The summed E-state index contributed by atoms with van der Waals surface area (Å²) < 4.78 is 14.0. The van der Waals surface area contributed by atoms with Gasteiger partial charge in [-0.25, -0.2) is 4.39 Å². The molecule has 0 bridgehead atoms. The van der Waals surface area contributed by atoms with Crippen molar-refractivity contribution in [2.24, 2.45) is 4.99 Å². The van der Waals surface area contributed by atoms with Crippen molar-refractivity contribution in [2.45, 2.75) is 43.6 Å². The van der Waals surface area contributed by atoms with Crippen LogP contribution >= 0.6 is 11.8 Å². The molecule has 1 aromatic carbocycles. The first-order valence-corrected chi connectivity index (χ1v) is 9.27. The van der Waals surface area contributed by atoms with Gasteiger partial charge in [-0.15, -0.1) is 0 Å². The lowest BCUT2D eigenvalue weighted by Crippen LogP contribution is -2.41. The predicted molar refractivity (Wildman–Crippen MR) is 97.4 cm³/mol. The third-order valence-corrected chi connectivity index (χ3v) is 5.84. The molecular weight excluding hydrogens is 341 g/mol. The van der Waals surface area contributed by atoms with E-state index in [0.717, 1.165) is 12.8 Å². The Morgan fingerprint density at radius 2 is 2.24 bits per heavy atom. The summed E-state index contributed by atoms with van der Waals surface area (Å²) in [4.78, 5) is 33.6. The first-order chi connectivity index (χ1) is 12.0. The summed E-state index contributed by atoms with van der Waals surface area (Å²) >= 11 is 1.44. The summed E-state index contributed by atoms with van der Waals surface area (Å²) in [5, 5.41) is 0.423. The van der Waals surface area contributed by atoms with Gasteiger partial charge >= 0.3 is 0 Å². The quantitative estimate of drug-likeness (QED) is 0.913. The van der Waals surface area contributed by atoms with Crippen molar-refractivity contribution in [1.29, 1.82) is 0 Å². The Hall–Kier alpha value is -2.15. The highest BCUT2D eigenvalue weighted by atomic mass is 32.2. The molecule has 25 heavy (non-hydrogen) atoms. The van der Waals surface area contributed by atoms with Crippen LogP contribution in [-0.4, -0.2) is 38.7 Å². The molecule has 1 aliphatic carbocycles. The smallest absolute Gasteiger partial charge is 0.248 e. The molecular formula is C18H18FN3O2S. The van der Waals surface area contributed by atoms with Gasteiger partial charge in [-0.05, 0) is 31.4 Å². The Morgan fingerprint density at radius 3 is 2.92 bits per heavy atom. The lowest BCUT2D eigenvalue weighted by molar-refractivity contribution is -0.132. The zero-order chi connectivity index (χ0) is 17.6. The number of hydrogen-bond donors (Lipinski definition) is 1. The van der Waals surface area contributed by atoms with E-state index in [1.54, 1.807) is 17.7 Å². The Labute approximate surface area is 148 Å². The van der Waals surface area contributed by atoms with Gasteiger partial charge in [0.25, 0.3) is 0 Å². The predicted octanol–water partition coefficient (Wildman–Crippen LogP) is 2.69. The number of aliphatic imine (C=N–C) groups is 1. The summed E-state index contributed by atoms with van der Waals surface area (Å²) in [7, 11) is 0. The number of carbonyl (C=O) groups excluding carboxylic acids is 1. The van der Waals surface area contributed by atoms with Crippen LogP contribution in [0.3, 0.4) is 0 Å². The number of pyridine rings is 1. The highest BCUT2D eigenvalue weighted by Crippen LogP contribution is 2.33. The van der Waals surface area contributed by atoms with Gasteiger partial charge in [0.1, 0.15) is 11.1 Å². The van der Waals surface area contributed by atoms with Crippen LogP contribution in [0, 0.1) is 5.82 Å². The van der Waals surface area contributed by atoms with Crippen molar-refractivity contribution < 1.29 is 9.18 Å². The average molecular weight is 359 g/mol. The molecule has 7 heteroatoms. The second kappa shape index (κ2) is 6.29. The molecule has 0 spiro atoms. The minimum atomic E-state index is -0.464. The molecule has 1 fully saturated rings. The zero-order valence-electron chi connectivity index (χ0n) is 13.7. The molecule has 1 N–H and O–H groups in total. The van der Waals surface area contributed by atoms with Gasteiger partial charge in [-0.1, -0.05) is 23.9 Å². The number of rotatable bonds is 4. The van der Waals surface area contributed by atoms with Crippen molar-refractivity contribution in [1.82, 2.24) is 9.88 Å². The van der Waals surface area contributed by atoms with Crippen LogP contribution < -0.4 is 5.56 Å². The normalized spacial score (nSPS) is 22.5. The SMILES string of the molecule is CC1N=CSC1C(=O)N(Cc1cc(=O)[nH]c2c(F)cccc12)C1CC1. The Kier molecular flexibility index (Phi) is 4.11. The number of carbonyl (C=O) groups is 1. The van der Waals surface area contributed by atoms with E-state index < -0.39 is 5.82 Å². The van der Waals surface area contributed by atoms with E-state index in [2.05, 4.69) is 9.98 Å². The van der Waals surface area contributed by atoms with Crippen LogP contribution in [-0.2, 0) is 11.3 Å². The van der Waals surface area contributed by atoms with Crippen LogP contribution in [0.25, 0.3) is 10.9 Å². The maximum atomic E-state index is 14.0. The van der Waals surface area contributed by atoms with Crippen LogP contribution in [0.5, 0.6) is 0 Å². The zero-order valence-corrected chi connectivity index (χ0v) is 14.6. The molecule has 1 saturated carbocycles. The van der Waals surface area contributed by atoms with E-state index in [9.17, 15) is 14.0 Å². The summed E-state index contributed by atoms with van der Waals surface area (Å²) in [6, 6.07) is 6.32. The van der Waals surface area contributed by atoms with Crippen LogP contribution in [0.2, 0.25) is 0 Å². The van der Waals surface area contributed by atoms with E-state index >= 15 is 0 Å². The second-order valence-electron chi connectivity index (χ2n) is 6.57. The number of nitrogens with one attached hydrogen (secondary N) is 1. The second-order valence-corrected chi connectivity index (χ2v) is 7.56. The minimum Gasteiger partial charge on any atom is -0.334 e. The summed E-state index contributed by atoms with van der Waals surface area (Å²) in [5.41, 5.74) is 2.24. The minimum absolute atomic E-state index is 0.0438. The number of aromatic amines is 1. The van der Waals surface area contributed by atoms with Crippen LogP contribution in [0.4, 0.5) is 4.39 Å². The number of benzene rings is 1. The number of aromatic nitrogens is 1. The van der Waals surface area contributed by atoms with Crippen molar-refractivity contribution in [2.75, 3.05) is 0 Å². The Morgan fingerprint density at radius 1 is 1.44 bits per heavy atom. The fourth-order valence-corrected chi connectivity index (χ4v) is 4.16. The standard InChI is InChI=1S/C18H18FN3O2S/c1-10-17(25-9-20-10)18(24)22(12-5-6-12)8-11-7-15(23)21-16-13(11)3-2-4-14(16)19/h2-4,7,9-10,12,17H,5-6,8H2,1H3,(H,21,23). The summed E-state index contributed by atoms with van der Waals surface area (Å²) in [6.07, 6.45) is 1.93. The first kappa shape index (κ1) is 16.3. The monoisotopic (exact) mass is 359 g/mol. The number of halogens is 1. The molecule has 2 aromatic rings. The Balaban J connectivity index is 1.70. The van der Waals surface area contributed by atoms with Gasteiger partial charge in [-0.3, -0.25) is 14.6 Å². The van der Waals surface area contributed by atoms with Gasteiger partial charge in [0, 0.05) is 24.0 Å². The molecule has 4 rings (SSSR count). The third-order valence-electron chi connectivity index (χ3n) is 4.71. The fraction of sp³-hybridized carbons (Fsp3) is 0.389. The molecule has 1 aromatic heterocycles. The summed E-state index contributed by atoms with van der Waals surface area (Å²) in [6.45, 7) is 2.25. The van der Waals surface area contributed by atoms with E-state index in [1.807, 2.05) is 11.8 Å². The number of thioether (sulfide) groups is 1. The van der Waals surface area contributed by atoms with Gasteiger partial charge in [0.15, 0.2) is 0 Å². The lowest BCUT2D eigenvalue weighted by Gasteiger charge is -2.27. The van der Waals surface area contributed by atoms with Crippen LogP contribution in [0.15, 0.2) is 34.1 Å².